The molecule has 0 saturated carbocycles. The molecule has 108 valence electrons. The molecule has 2 aromatic carbocycles. The third kappa shape index (κ3) is 5.04. The van der Waals surface area contributed by atoms with E-state index < -0.39 is 11.9 Å². The van der Waals surface area contributed by atoms with E-state index in [1.807, 2.05) is 30.3 Å². The van der Waals surface area contributed by atoms with Crippen LogP contribution in [0.1, 0.15) is 28.8 Å². The largest absolute Gasteiger partial charge is 0.389 e. The predicted octanol–water partition coefficient (Wildman–Crippen LogP) is 4.05. The van der Waals surface area contributed by atoms with Gasteiger partial charge in [0.05, 0.1) is 5.56 Å². The van der Waals surface area contributed by atoms with Crippen molar-refractivity contribution < 1.29 is 14.3 Å². The van der Waals surface area contributed by atoms with Crippen molar-refractivity contribution in [3.63, 3.8) is 0 Å². The molecule has 0 aliphatic rings. The number of hydrogen-bond donors (Lipinski definition) is 0. The zero-order valence-corrected chi connectivity index (χ0v) is 12.2. The Morgan fingerprint density at radius 3 is 2.29 bits per heavy atom. The van der Waals surface area contributed by atoms with Crippen molar-refractivity contribution in [1.29, 1.82) is 0 Å². The van der Waals surface area contributed by atoms with Crippen molar-refractivity contribution >= 4 is 23.5 Å². The highest BCUT2D eigenvalue weighted by molar-refractivity contribution is 6.30. The summed E-state index contributed by atoms with van der Waals surface area (Å²) in [4.78, 5) is 23.3. The number of rotatable bonds is 5. The van der Waals surface area contributed by atoms with Gasteiger partial charge in [-0.15, -0.1) is 0 Å². The number of benzene rings is 2. The van der Waals surface area contributed by atoms with Crippen molar-refractivity contribution in [3.05, 3.63) is 70.7 Å². The van der Waals surface area contributed by atoms with Crippen LogP contribution in [0, 0.1) is 0 Å². The van der Waals surface area contributed by atoms with Crippen molar-refractivity contribution in [1.82, 2.24) is 0 Å². The average Bonchev–Trinajstić information content (AvgIpc) is 2.49. The summed E-state index contributed by atoms with van der Waals surface area (Å²) < 4.78 is 4.79. The number of hydrogen-bond acceptors (Lipinski definition) is 3. The van der Waals surface area contributed by atoms with Crippen LogP contribution < -0.4 is 0 Å². The average molecular weight is 303 g/mol. The van der Waals surface area contributed by atoms with E-state index in [0.717, 1.165) is 12.0 Å². The molecular formula is C17H15ClO3. The molecule has 0 aliphatic carbocycles. The Morgan fingerprint density at radius 1 is 0.952 bits per heavy atom. The number of carbonyl (C=O) groups excluding carboxylic acids is 2. The van der Waals surface area contributed by atoms with E-state index in [2.05, 4.69) is 0 Å². The molecule has 0 radical (unpaired) electrons. The zero-order chi connectivity index (χ0) is 15.1. The standard InChI is InChI=1S/C17H15ClO3/c18-15-11-9-14(10-12-15)17(20)21-16(19)8-4-7-13-5-2-1-3-6-13/h1-3,5-6,9-12H,4,7-8H2. The molecule has 0 fully saturated rings. The maximum atomic E-state index is 11.7. The number of halogens is 1. The van der Waals surface area contributed by atoms with Crippen LogP contribution in [0.5, 0.6) is 0 Å². The number of esters is 2. The summed E-state index contributed by atoms with van der Waals surface area (Å²) in [6, 6.07) is 16.1. The van der Waals surface area contributed by atoms with E-state index in [-0.39, 0.29) is 6.42 Å². The molecular weight excluding hydrogens is 288 g/mol. The number of aryl methyl sites for hydroxylation is 1. The summed E-state index contributed by atoms with van der Waals surface area (Å²) in [5.74, 6) is -1.15. The first kappa shape index (κ1) is 15.3. The van der Waals surface area contributed by atoms with Gasteiger partial charge in [-0.3, -0.25) is 4.79 Å². The molecule has 2 aromatic rings. The molecule has 0 atom stereocenters. The Kier molecular flexibility index (Phi) is 5.52. The van der Waals surface area contributed by atoms with Crippen LogP contribution >= 0.6 is 11.6 Å². The monoisotopic (exact) mass is 302 g/mol. The Balaban J connectivity index is 1.76. The summed E-state index contributed by atoms with van der Waals surface area (Å²) in [6.07, 6.45) is 1.65. The van der Waals surface area contributed by atoms with E-state index in [9.17, 15) is 9.59 Å². The Bertz CT molecular complexity index is 606. The zero-order valence-electron chi connectivity index (χ0n) is 11.4. The van der Waals surface area contributed by atoms with E-state index >= 15 is 0 Å². The summed E-state index contributed by atoms with van der Waals surface area (Å²) in [6.45, 7) is 0. The van der Waals surface area contributed by atoms with Crippen LogP contribution in [0.15, 0.2) is 54.6 Å². The molecule has 0 bridgehead atoms. The van der Waals surface area contributed by atoms with Gasteiger partial charge in [0.25, 0.3) is 0 Å². The molecule has 4 heteroatoms. The van der Waals surface area contributed by atoms with Crippen LogP contribution in [-0.4, -0.2) is 11.9 Å². The van der Waals surface area contributed by atoms with Crippen LogP contribution in [0.2, 0.25) is 5.02 Å². The Hall–Kier alpha value is -2.13. The van der Waals surface area contributed by atoms with Gasteiger partial charge < -0.3 is 4.74 Å². The fraction of sp³-hybridized carbons (Fsp3) is 0.176. The molecule has 21 heavy (non-hydrogen) atoms. The van der Waals surface area contributed by atoms with Crippen molar-refractivity contribution in [2.45, 2.75) is 19.3 Å². The Morgan fingerprint density at radius 2 is 1.62 bits per heavy atom. The normalized spacial score (nSPS) is 10.1. The highest BCUT2D eigenvalue weighted by atomic mass is 35.5. The van der Waals surface area contributed by atoms with Gasteiger partial charge in [0, 0.05) is 11.4 Å². The van der Waals surface area contributed by atoms with Gasteiger partial charge in [0.1, 0.15) is 0 Å². The molecule has 0 aromatic heterocycles. The highest BCUT2D eigenvalue weighted by Crippen LogP contribution is 2.11. The van der Waals surface area contributed by atoms with E-state index in [4.69, 9.17) is 16.3 Å². The fourth-order valence-electron chi connectivity index (χ4n) is 1.88. The van der Waals surface area contributed by atoms with Gasteiger partial charge in [-0.1, -0.05) is 41.9 Å². The first-order valence-electron chi connectivity index (χ1n) is 6.69. The number of ether oxygens (including phenoxy) is 1. The first-order chi connectivity index (χ1) is 10.1. The SMILES string of the molecule is O=C(CCCc1ccccc1)OC(=O)c1ccc(Cl)cc1. The highest BCUT2D eigenvalue weighted by Gasteiger charge is 2.12. The van der Waals surface area contributed by atoms with Crippen molar-refractivity contribution in [2.24, 2.45) is 0 Å². The van der Waals surface area contributed by atoms with Crippen LogP contribution in [0.25, 0.3) is 0 Å². The maximum Gasteiger partial charge on any atom is 0.345 e. The molecule has 2 rings (SSSR count). The first-order valence-corrected chi connectivity index (χ1v) is 7.07. The number of carbonyl (C=O) groups is 2. The predicted molar refractivity (Wildman–Crippen MR) is 81.3 cm³/mol. The lowest BCUT2D eigenvalue weighted by Crippen LogP contribution is -2.12. The molecule has 0 heterocycles. The van der Waals surface area contributed by atoms with Gasteiger partial charge in [0.15, 0.2) is 0 Å². The molecule has 0 amide bonds. The second kappa shape index (κ2) is 7.60. The van der Waals surface area contributed by atoms with Gasteiger partial charge in [-0.25, -0.2) is 4.79 Å². The minimum atomic E-state index is -0.642. The maximum absolute atomic E-state index is 11.7. The lowest BCUT2D eigenvalue weighted by molar-refractivity contribution is -0.138. The molecule has 0 unspecified atom stereocenters. The molecule has 0 aliphatic heterocycles. The lowest BCUT2D eigenvalue weighted by atomic mass is 10.1. The van der Waals surface area contributed by atoms with Gasteiger partial charge in [0.2, 0.25) is 0 Å². The van der Waals surface area contributed by atoms with E-state index in [0.29, 0.717) is 17.0 Å². The molecule has 0 spiro atoms. The van der Waals surface area contributed by atoms with Gasteiger partial charge in [-0.2, -0.15) is 0 Å². The summed E-state index contributed by atoms with van der Waals surface area (Å²) in [5, 5.41) is 0.528. The fourth-order valence-corrected chi connectivity index (χ4v) is 2.01. The summed E-state index contributed by atoms with van der Waals surface area (Å²) in [7, 11) is 0. The van der Waals surface area contributed by atoms with Crippen LogP contribution in [-0.2, 0) is 16.0 Å². The minimum Gasteiger partial charge on any atom is -0.389 e. The van der Waals surface area contributed by atoms with Gasteiger partial charge >= 0.3 is 11.9 Å². The lowest BCUT2D eigenvalue weighted by Gasteiger charge is -2.03. The van der Waals surface area contributed by atoms with Crippen LogP contribution in [0.3, 0.4) is 0 Å². The van der Waals surface area contributed by atoms with Gasteiger partial charge in [-0.05, 0) is 42.7 Å². The molecule has 0 saturated heterocycles. The summed E-state index contributed by atoms with van der Waals surface area (Å²) >= 11 is 5.73. The minimum absolute atomic E-state index is 0.216. The quantitative estimate of drug-likeness (QED) is 0.618. The van der Waals surface area contributed by atoms with Crippen molar-refractivity contribution in [3.8, 4) is 0 Å². The third-order valence-electron chi connectivity index (χ3n) is 2.98. The summed E-state index contributed by atoms with van der Waals surface area (Å²) in [5.41, 5.74) is 1.48. The van der Waals surface area contributed by atoms with Crippen LogP contribution in [0.4, 0.5) is 0 Å². The third-order valence-corrected chi connectivity index (χ3v) is 3.23. The molecule has 0 N–H and O–H groups in total. The smallest absolute Gasteiger partial charge is 0.345 e. The molecule has 3 nitrogen and oxygen atoms in total. The second-order valence-corrected chi connectivity index (χ2v) is 5.04. The topological polar surface area (TPSA) is 43.4 Å². The van der Waals surface area contributed by atoms with E-state index in [1.165, 1.54) is 12.1 Å². The Labute approximate surface area is 128 Å². The van der Waals surface area contributed by atoms with Crippen molar-refractivity contribution in [2.75, 3.05) is 0 Å². The second-order valence-electron chi connectivity index (χ2n) is 4.61. The van der Waals surface area contributed by atoms with E-state index in [1.54, 1.807) is 12.1 Å².